The molecular weight excluding hydrogens is 337 g/mol. The van der Waals surface area contributed by atoms with Crippen LogP contribution in [0.15, 0.2) is 65.3 Å². The summed E-state index contributed by atoms with van der Waals surface area (Å²) in [6.07, 6.45) is 1.59. The van der Waals surface area contributed by atoms with Gasteiger partial charge in [-0.25, -0.2) is 4.39 Å². The monoisotopic (exact) mass is 355 g/mol. The molecule has 0 aliphatic carbocycles. The fourth-order valence-electron chi connectivity index (χ4n) is 2.41. The number of benzene rings is 2. The minimum Gasteiger partial charge on any atom is -0.497 e. The number of amides is 1. The molecular formula is C20H18FNO4. The van der Waals surface area contributed by atoms with E-state index in [2.05, 4.69) is 5.32 Å². The van der Waals surface area contributed by atoms with E-state index in [1.54, 1.807) is 30.5 Å². The van der Waals surface area contributed by atoms with Crippen molar-refractivity contribution in [3.8, 4) is 5.75 Å². The van der Waals surface area contributed by atoms with E-state index in [0.29, 0.717) is 24.7 Å². The van der Waals surface area contributed by atoms with Crippen LogP contribution in [0.5, 0.6) is 5.75 Å². The summed E-state index contributed by atoms with van der Waals surface area (Å²) in [5, 5.41) is 2.69. The predicted octanol–water partition coefficient (Wildman–Crippen LogP) is 4.40. The summed E-state index contributed by atoms with van der Waals surface area (Å²) in [5.74, 6) is -0.0715. The SMILES string of the molecule is COc1ccc(C(=O)Nc2cccc(COCc3ccco3)c2)c(F)c1. The zero-order valence-corrected chi connectivity index (χ0v) is 14.2. The van der Waals surface area contributed by atoms with Gasteiger partial charge in [-0.15, -0.1) is 0 Å². The minimum atomic E-state index is -0.639. The lowest BCUT2D eigenvalue weighted by Gasteiger charge is -2.09. The Morgan fingerprint density at radius 1 is 1.12 bits per heavy atom. The van der Waals surface area contributed by atoms with Gasteiger partial charge in [0.1, 0.15) is 23.9 Å². The molecule has 0 aliphatic heterocycles. The lowest BCUT2D eigenvalue weighted by Crippen LogP contribution is -2.14. The standard InChI is InChI=1S/C20H18FNO4/c1-24-16-7-8-18(19(21)11-16)20(23)22-15-5-2-4-14(10-15)12-25-13-17-6-3-9-26-17/h2-11H,12-13H2,1H3,(H,22,23). The third-order valence-corrected chi connectivity index (χ3v) is 3.70. The van der Waals surface area contributed by atoms with Crippen molar-refractivity contribution < 1.29 is 23.1 Å². The zero-order chi connectivity index (χ0) is 18.4. The van der Waals surface area contributed by atoms with E-state index in [-0.39, 0.29) is 5.56 Å². The first-order chi connectivity index (χ1) is 12.7. The van der Waals surface area contributed by atoms with Crippen LogP contribution in [-0.4, -0.2) is 13.0 Å². The van der Waals surface area contributed by atoms with Gasteiger partial charge in [0.2, 0.25) is 0 Å². The third kappa shape index (κ3) is 4.49. The number of hydrogen-bond acceptors (Lipinski definition) is 4. The van der Waals surface area contributed by atoms with Gasteiger partial charge in [0.15, 0.2) is 0 Å². The largest absolute Gasteiger partial charge is 0.497 e. The Labute approximate surface area is 150 Å². The molecule has 1 aromatic heterocycles. The van der Waals surface area contributed by atoms with Gasteiger partial charge in [-0.05, 0) is 42.0 Å². The molecule has 0 fully saturated rings. The summed E-state index contributed by atoms with van der Waals surface area (Å²) in [5.41, 5.74) is 1.39. The molecule has 0 saturated heterocycles. The highest BCUT2D eigenvalue weighted by atomic mass is 19.1. The predicted molar refractivity (Wildman–Crippen MR) is 94.5 cm³/mol. The van der Waals surface area contributed by atoms with Gasteiger partial charge >= 0.3 is 0 Å². The van der Waals surface area contributed by atoms with Gasteiger partial charge in [0.05, 0.1) is 25.5 Å². The first-order valence-electron chi connectivity index (χ1n) is 7.99. The Bertz CT molecular complexity index is 877. The number of halogens is 1. The van der Waals surface area contributed by atoms with Crippen molar-refractivity contribution in [2.45, 2.75) is 13.2 Å². The van der Waals surface area contributed by atoms with Crippen LogP contribution in [0.25, 0.3) is 0 Å². The highest BCUT2D eigenvalue weighted by Crippen LogP contribution is 2.19. The molecule has 0 unspecified atom stereocenters. The number of carbonyl (C=O) groups is 1. The number of hydrogen-bond donors (Lipinski definition) is 1. The number of furan rings is 1. The fraction of sp³-hybridized carbons (Fsp3) is 0.150. The normalized spacial score (nSPS) is 10.5. The second-order valence-corrected chi connectivity index (χ2v) is 5.57. The maximum atomic E-state index is 14.0. The summed E-state index contributed by atoms with van der Waals surface area (Å²) < 4.78 is 29.7. The van der Waals surface area contributed by atoms with Gasteiger partial charge in [0.25, 0.3) is 5.91 Å². The number of rotatable bonds is 7. The van der Waals surface area contributed by atoms with E-state index in [1.165, 1.54) is 25.3 Å². The lowest BCUT2D eigenvalue weighted by molar-refractivity contribution is 0.0929. The molecule has 26 heavy (non-hydrogen) atoms. The van der Waals surface area contributed by atoms with E-state index < -0.39 is 11.7 Å². The number of nitrogens with one attached hydrogen (secondary N) is 1. The average Bonchev–Trinajstić information content (AvgIpc) is 3.15. The molecule has 0 bridgehead atoms. The maximum Gasteiger partial charge on any atom is 0.258 e. The number of anilines is 1. The Morgan fingerprint density at radius 3 is 2.73 bits per heavy atom. The fourth-order valence-corrected chi connectivity index (χ4v) is 2.41. The topological polar surface area (TPSA) is 60.7 Å². The molecule has 0 atom stereocenters. The molecule has 134 valence electrons. The molecule has 0 spiro atoms. The van der Waals surface area contributed by atoms with Crippen molar-refractivity contribution in [2.24, 2.45) is 0 Å². The molecule has 2 aromatic carbocycles. The Kier molecular flexibility index (Phi) is 5.66. The summed E-state index contributed by atoms with van der Waals surface area (Å²) in [6, 6.07) is 14.9. The summed E-state index contributed by atoms with van der Waals surface area (Å²) in [4.78, 5) is 12.3. The second kappa shape index (κ2) is 8.31. The summed E-state index contributed by atoms with van der Waals surface area (Å²) >= 11 is 0. The van der Waals surface area contributed by atoms with Gasteiger partial charge in [-0.2, -0.15) is 0 Å². The highest BCUT2D eigenvalue weighted by molar-refractivity contribution is 6.04. The molecule has 0 radical (unpaired) electrons. The van der Waals surface area contributed by atoms with Crippen LogP contribution >= 0.6 is 0 Å². The van der Waals surface area contributed by atoms with Gasteiger partial charge in [-0.3, -0.25) is 4.79 Å². The van der Waals surface area contributed by atoms with Gasteiger partial charge < -0.3 is 19.2 Å². The molecule has 1 N–H and O–H groups in total. The molecule has 1 heterocycles. The molecule has 3 aromatic rings. The Hall–Kier alpha value is -3.12. The quantitative estimate of drug-likeness (QED) is 0.682. The summed E-state index contributed by atoms with van der Waals surface area (Å²) in [6.45, 7) is 0.724. The van der Waals surface area contributed by atoms with Crippen LogP contribution in [0.3, 0.4) is 0 Å². The maximum absolute atomic E-state index is 14.0. The van der Waals surface area contributed by atoms with E-state index in [1.807, 2.05) is 12.1 Å². The van der Waals surface area contributed by atoms with Crippen LogP contribution < -0.4 is 10.1 Å². The van der Waals surface area contributed by atoms with Crippen LogP contribution in [-0.2, 0) is 18.0 Å². The Balaban J connectivity index is 1.61. The van der Waals surface area contributed by atoms with Crippen molar-refractivity contribution >= 4 is 11.6 Å². The molecule has 0 aliphatic rings. The van der Waals surface area contributed by atoms with Crippen LogP contribution in [0.2, 0.25) is 0 Å². The van der Waals surface area contributed by atoms with E-state index in [9.17, 15) is 9.18 Å². The zero-order valence-electron chi connectivity index (χ0n) is 14.2. The smallest absolute Gasteiger partial charge is 0.258 e. The number of methoxy groups -OCH3 is 1. The third-order valence-electron chi connectivity index (χ3n) is 3.70. The molecule has 3 rings (SSSR count). The molecule has 6 heteroatoms. The van der Waals surface area contributed by atoms with Crippen LogP contribution in [0.1, 0.15) is 21.7 Å². The van der Waals surface area contributed by atoms with Crippen molar-refractivity contribution in [2.75, 3.05) is 12.4 Å². The average molecular weight is 355 g/mol. The number of ether oxygens (including phenoxy) is 2. The highest BCUT2D eigenvalue weighted by Gasteiger charge is 2.13. The van der Waals surface area contributed by atoms with Crippen LogP contribution in [0.4, 0.5) is 10.1 Å². The van der Waals surface area contributed by atoms with Gasteiger partial charge in [-0.1, -0.05) is 12.1 Å². The molecule has 1 amide bonds. The number of carbonyl (C=O) groups excluding carboxylic acids is 1. The lowest BCUT2D eigenvalue weighted by atomic mass is 10.1. The van der Waals surface area contributed by atoms with E-state index >= 15 is 0 Å². The minimum absolute atomic E-state index is 0.0507. The molecule has 0 saturated carbocycles. The van der Waals surface area contributed by atoms with E-state index in [0.717, 1.165) is 11.3 Å². The summed E-state index contributed by atoms with van der Waals surface area (Å²) in [7, 11) is 1.44. The van der Waals surface area contributed by atoms with Crippen molar-refractivity contribution in [3.63, 3.8) is 0 Å². The van der Waals surface area contributed by atoms with Crippen LogP contribution in [0, 0.1) is 5.82 Å². The Morgan fingerprint density at radius 2 is 2.00 bits per heavy atom. The van der Waals surface area contributed by atoms with Crippen molar-refractivity contribution in [1.82, 2.24) is 0 Å². The van der Waals surface area contributed by atoms with Crippen molar-refractivity contribution in [1.29, 1.82) is 0 Å². The first kappa shape index (κ1) is 17.7. The van der Waals surface area contributed by atoms with Crippen molar-refractivity contribution in [3.05, 3.63) is 83.6 Å². The molecule has 5 nitrogen and oxygen atoms in total. The van der Waals surface area contributed by atoms with Gasteiger partial charge in [0, 0.05) is 11.8 Å². The second-order valence-electron chi connectivity index (χ2n) is 5.57. The van der Waals surface area contributed by atoms with E-state index in [4.69, 9.17) is 13.9 Å². The first-order valence-corrected chi connectivity index (χ1v) is 7.99.